The van der Waals surface area contributed by atoms with Crippen LogP contribution in [0.1, 0.15) is 0 Å². The summed E-state index contributed by atoms with van der Waals surface area (Å²) in [5.41, 5.74) is 1.86. The Hall–Kier alpha value is -3.29. The summed E-state index contributed by atoms with van der Waals surface area (Å²) in [6, 6.07) is 9.61. The van der Waals surface area contributed by atoms with Gasteiger partial charge in [-0.2, -0.15) is 4.98 Å². The van der Waals surface area contributed by atoms with Crippen LogP contribution in [0.2, 0.25) is 0 Å². The van der Waals surface area contributed by atoms with Gasteiger partial charge in [0.2, 0.25) is 11.8 Å². The van der Waals surface area contributed by atoms with Crippen molar-refractivity contribution in [3.8, 4) is 17.1 Å². The fourth-order valence-electron chi connectivity index (χ4n) is 2.90. The Morgan fingerprint density at radius 1 is 0.846 bits per heavy atom. The third kappa shape index (κ3) is 3.39. The first-order valence-corrected chi connectivity index (χ1v) is 8.44. The molecule has 0 unspecified atom stereocenters. The van der Waals surface area contributed by atoms with Gasteiger partial charge in [-0.3, -0.25) is 4.98 Å². The maximum atomic E-state index is 5.17. The van der Waals surface area contributed by atoms with Crippen LogP contribution in [0.25, 0.3) is 11.3 Å². The van der Waals surface area contributed by atoms with Crippen molar-refractivity contribution in [1.29, 1.82) is 0 Å². The molecule has 1 saturated heterocycles. The number of aromatic nitrogens is 5. The molecule has 3 aromatic rings. The molecule has 0 saturated carbocycles. The monoisotopic (exact) mass is 349 g/mol. The average Bonchev–Trinajstić information content (AvgIpc) is 2.75. The van der Waals surface area contributed by atoms with Crippen LogP contribution in [0, 0.1) is 0 Å². The number of nitrogens with zero attached hydrogens (tertiary/aromatic N) is 7. The predicted octanol–water partition coefficient (Wildman–Crippen LogP) is 1.66. The van der Waals surface area contributed by atoms with E-state index < -0.39 is 0 Å². The molecule has 4 heterocycles. The first-order valence-electron chi connectivity index (χ1n) is 8.44. The van der Waals surface area contributed by atoms with Gasteiger partial charge in [-0.25, -0.2) is 4.98 Å². The van der Waals surface area contributed by atoms with Gasteiger partial charge >= 0.3 is 0 Å². The van der Waals surface area contributed by atoms with Gasteiger partial charge in [0.15, 0.2) is 5.82 Å². The number of rotatable bonds is 4. The molecule has 0 amide bonds. The Balaban J connectivity index is 1.41. The summed E-state index contributed by atoms with van der Waals surface area (Å²) in [6.45, 7) is 3.32. The summed E-state index contributed by atoms with van der Waals surface area (Å²) < 4.78 is 5.17. The Morgan fingerprint density at radius 3 is 2.31 bits per heavy atom. The molecule has 3 aromatic heterocycles. The van der Waals surface area contributed by atoms with Crippen molar-refractivity contribution in [3.63, 3.8) is 0 Å². The van der Waals surface area contributed by atoms with Crippen LogP contribution < -0.4 is 14.5 Å². The standard InChI is InChI=1S/C18H19N7O/c1-26-17-6-9-20-18(21-17)25-12-10-24(11-13-25)16-3-2-15(22-23-16)14-4-7-19-8-5-14/h2-9H,10-13H2,1H3. The van der Waals surface area contributed by atoms with Crippen LogP contribution in [0.15, 0.2) is 48.9 Å². The average molecular weight is 349 g/mol. The van der Waals surface area contributed by atoms with E-state index in [1.165, 1.54) is 0 Å². The molecule has 0 spiro atoms. The molecule has 8 heteroatoms. The van der Waals surface area contributed by atoms with E-state index in [2.05, 4.69) is 34.9 Å². The summed E-state index contributed by atoms with van der Waals surface area (Å²) in [6.07, 6.45) is 5.23. The zero-order valence-corrected chi connectivity index (χ0v) is 14.5. The van der Waals surface area contributed by atoms with Gasteiger partial charge in [0.25, 0.3) is 0 Å². The molecule has 8 nitrogen and oxygen atoms in total. The second-order valence-electron chi connectivity index (χ2n) is 5.89. The van der Waals surface area contributed by atoms with Crippen LogP contribution >= 0.6 is 0 Å². The molecule has 0 bridgehead atoms. The molecule has 132 valence electrons. The molecule has 1 aliphatic heterocycles. The highest BCUT2D eigenvalue weighted by molar-refractivity contribution is 5.59. The summed E-state index contributed by atoms with van der Waals surface area (Å²) in [7, 11) is 1.61. The lowest BCUT2D eigenvalue weighted by molar-refractivity contribution is 0.396. The fourth-order valence-corrected chi connectivity index (χ4v) is 2.90. The van der Waals surface area contributed by atoms with Gasteiger partial charge in [-0.15, -0.1) is 10.2 Å². The van der Waals surface area contributed by atoms with Crippen molar-refractivity contribution in [2.45, 2.75) is 0 Å². The first kappa shape index (κ1) is 16.2. The number of ether oxygens (including phenoxy) is 1. The van der Waals surface area contributed by atoms with Crippen molar-refractivity contribution in [2.75, 3.05) is 43.1 Å². The highest BCUT2D eigenvalue weighted by Gasteiger charge is 2.20. The minimum Gasteiger partial charge on any atom is -0.481 e. The zero-order valence-electron chi connectivity index (χ0n) is 14.5. The Kier molecular flexibility index (Phi) is 4.55. The molecule has 1 aliphatic rings. The van der Waals surface area contributed by atoms with Gasteiger partial charge < -0.3 is 14.5 Å². The Bertz CT molecular complexity index is 849. The lowest BCUT2D eigenvalue weighted by Gasteiger charge is -2.35. The molecule has 0 aromatic carbocycles. The highest BCUT2D eigenvalue weighted by atomic mass is 16.5. The quantitative estimate of drug-likeness (QED) is 0.704. The van der Waals surface area contributed by atoms with Crippen LogP contribution in [0.4, 0.5) is 11.8 Å². The maximum absolute atomic E-state index is 5.17. The SMILES string of the molecule is COc1ccnc(N2CCN(c3ccc(-c4ccncc4)nn3)CC2)n1. The van der Waals surface area contributed by atoms with E-state index in [0.29, 0.717) is 11.8 Å². The summed E-state index contributed by atoms with van der Waals surface area (Å²) in [5.74, 6) is 2.16. The van der Waals surface area contributed by atoms with Crippen LogP contribution in [0.3, 0.4) is 0 Å². The number of hydrogen-bond acceptors (Lipinski definition) is 8. The summed E-state index contributed by atoms with van der Waals surface area (Å²) >= 11 is 0. The van der Waals surface area contributed by atoms with Gasteiger partial charge in [0.1, 0.15) is 0 Å². The molecule has 0 N–H and O–H groups in total. The number of piperazine rings is 1. The summed E-state index contributed by atoms with van der Waals surface area (Å²) in [4.78, 5) is 17.1. The number of methoxy groups -OCH3 is 1. The molecular formula is C18H19N7O. The van der Waals surface area contributed by atoms with Gasteiger partial charge in [-0.1, -0.05) is 0 Å². The molecular weight excluding hydrogens is 330 g/mol. The van der Waals surface area contributed by atoms with E-state index in [0.717, 1.165) is 43.3 Å². The van der Waals surface area contributed by atoms with E-state index >= 15 is 0 Å². The Morgan fingerprint density at radius 2 is 1.62 bits per heavy atom. The van der Waals surface area contributed by atoms with Crippen LogP contribution in [-0.2, 0) is 0 Å². The number of hydrogen-bond donors (Lipinski definition) is 0. The lowest BCUT2D eigenvalue weighted by Crippen LogP contribution is -2.47. The van der Waals surface area contributed by atoms with Gasteiger partial charge in [0.05, 0.1) is 12.8 Å². The largest absolute Gasteiger partial charge is 0.481 e. The molecule has 4 rings (SSSR count). The van der Waals surface area contributed by atoms with Crippen molar-refractivity contribution >= 4 is 11.8 Å². The van der Waals surface area contributed by atoms with E-state index in [4.69, 9.17) is 4.74 Å². The first-order chi connectivity index (χ1) is 12.8. The van der Waals surface area contributed by atoms with Crippen molar-refractivity contribution in [2.24, 2.45) is 0 Å². The second kappa shape index (κ2) is 7.30. The van der Waals surface area contributed by atoms with Crippen molar-refractivity contribution in [3.05, 3.63) is 48.9 Å². The smallest absolute Gasteiger partial charge is 0.228 e. The maximum Gasteiger partial charge on any atom is 0.228 e. The third-order valence-corrected chi connectivity index (χ3v) is 4.34. The van der Waals surface area contributed by atoms with Crippen LogP contribution in [-0.4, -0.2) is 58.4 Å². The minimum atomic E-state index is 0.579. The van der Waals surface area contributed by atoms with Gasteiger partial charge in [0, 0.05) is 56.4 Å². The van der Waals surface area contributed by atoms with Crippen molar-refractivity contribution in [1.82, 2.24) is 25.1 Å². The van der Waals surface area contributed by atoms with E-state index in [1.54, 1.807) is 31.8 Å². The zero-order chi connectivity index (χ0) is 17.8. The molecule has 1 fully saturated rings. The number of pyridine rings is 1. The van der Waals surface area contributed by atoms with Crippen molar-refractivity contribution < 1.29 is 4.74 Å². The predicted molar refractivity (Wildman–Crippen MR) is 98.3 cm³/mol. The minimum absolute atomic E-state index is 0.579. The normalized spacial score (nSPS) is 14.3. The third-order valence-electron chi connectivity index (χ3n) is 4.34. The van der Waals surface area contributed by atoms with Gasteiger partial charge in [-0.05, 0) is 24.3 Å². The molecule has 26 heavy (non-hydrogen) atoms. The van der Waals surface area contributed by atoms with E-state index in [-0.39, 0.29) is 0 Å². The number of anilines is 2. The topological polar surface area (TPSA) is 80.2 Å². The Labute approximate surface area is 151 Å². The molecule has 0 atom stereocenters. The second-order valence-corrected chi connectivity index (χ2v) is 5.89. The van der Waals surface area contributed by atoms with E-state index in [9.17, 15) is 0 Å². The van der Waals surface area contributed by atoms with Crippen LogP contribution in [0.5, 0.6) is 5.88 Å². The van der Waals surface area contributed by atoms with E-state index in [1.807, 2.05) is 24.3 Å². The lowest BCUT2D eigenvalue weighted by atomic mass is 10.2. The molecule has 0 aliphatic carbocycles. The summed E-state index contributed by atoms with van der Waals surface area (Å²) in [5, 5.41) is 8.74. The molecule has 0 radical (unpaired) electrons. The highest BCUT2D eigenvalue weighted by Crippen LogP contribution is 2.20. The fraction of sp³-hybridized carbons (Fsp3) is 0.278.